The first kappa shape index (κ1) is 20.7. The summed E-state index contributed by atoms with van der Waals surface area (Å²) in [6.45, 7) is 0. The molecular weight excluding hydrogens is 437 g/mol. The standard InChI is InChI=1S/C23H15Cl2N3O3/c24-14-7-8-18(25)17(12-14)20-9-10-21(31-20)23(30)28-19-6-2-1-5-16(19)22(29)27-15-4-3-11-26-13-15/h1-13H,(H,27,29)(H,28,30). The second-order valence-electron chi connectivity index (χ2n) is 6.48. The number of nitrogens with zero attached hydrogens (tertiary/aromatic N) is 1. The highest BCUT2D eigenvalue weighted by Gasteiger charge is 2.18. The Hall–Kier alpha value is -3.61. The summed E-state index contributed by atoms with van der Waals surface area (Å²) < 4.78 is 5.67. The second kappa shape index (κ2) is 9.04. The van der Waals surface area contributed by atoms with Crippen LogP contribution in [0.2, 0.25) is 10.0 Å². The number of pyridine rings is 1. The average Bonchev–Trinajstić information content (AvgIpc) is 3.27. The highest BCUT2D eigenvalue weighted by Crippen LogP contribution is 2.32. The van der Waals surface area contributed by atoms with Crippen LogP contribution < -0.4 is 10.6 Å². The van der Waals surface area contributed by atoms with Gasteiger partial charge in [0.1, 0.15) is 5.76 Å². The van der Waals surface area contributed by atoms with Gasteiger partial charge in [0, 0.05) is 16.8 Å². The summed E-state index contributed by atoms with van der Waals surface area (Å²) in [5.41, 5.74) is 1.75. The Morgan fingerprint density at radius 1 is 0.871 bits per heavy atom. The zero-order chi connectivity index (χ0) is 21.8. The third-order valence-electron chi connectivity index (χ3n) is 4.36. The Balaban J connectivity index is 1.54. The zero-order valence-corrected chi connectivity index (χ0v) is 17.4. The molecule has 0 radical (unpaired) electrons. The van der Waals surface area contributed by atoms with Crippen LogP contribution in [0.15, 0.2) is 83.5 Å². The third kappa shape index (κ3) is 4.77. The molecule has 0 saturated heterocycles. The highest BCUT2D eigenvalue weighted by molar-refractivity contribution is 6.35. The van der Waals surface area contributed by atoms with Crippen LogP contribution in [0.5, 0.6) is 0 Å². The molecule has 0 aliphatic rings. The Kier molecular flexibility index (Phi) is 6.02. The van der Waals surface area contributed by atoms with Crippen molar-refractivity contribution in [2.75, 3.05) is 10.6 Å². The van der Waals surface area contributed by atoms with Gasteiger partial charge in [0.15, 0.2) is 5.76 Å². The molecule has 2 aromatic carbocycles. The number of rotatable bonds is 5. The fourth-order valence-electron chi connectivity index (χ4n) is 2.90. The molecular formula is C23H15Cl2N3O3. The number of hydrogen-bond donors (Lipinski definition) is 2. The molecule has 0 aliphatic heterocycles. The predicted octanol–water partition coefficient (Wildman–Crippen LogP) is 6.15. The van der Waals surface area contributed by atoms with Crippen molar-refractivity contribution < 1.29 is 14.0 Å². The van der Waals surface area contributed by atoms with Crippen molar-refractivity contribution in [1.29, 1.82) is 0 Å². The number of carbonyl (C=O) groups excluding carboxylic acids is 2. The number of anilines is 2. The monoisotopic (exact) mass is 451 g/mol. The molecule has 2 heterocycles. The molecule has 4 rings (SSSR count). The van der Waals surface area contributed by atoms with Crippen LogP contribution in [0, 0.1) is 0 Å². The quantitative estimate of drug-likeness (QED) is 0.380. The second-order valence-corrected chi connectivity index (χ2v) is 7.33. The number of amides is 2. The van der Waals surface area contributed by atoms with E-state index in [0.717, 1.165) is 0 Å². The smallest absolute Gasteiger partial charge is 0.291 e. The van der Waals surface area contributed by atoms with E-state index in [0.29, 0.717) is 38.3 Å². The van der Waals surface area contributed by atoms with E-state index in [1.807, 2.05) is 0 Å². The largest absolute Gasteiger partial charge is 0.451 e. The van der Waals surface area contributed by atoms with Crippen molar-refractivity contribution in [3.05, 3.63) is 100 Å². The molecule has 0 bridgehead atoms. The summed E-state index contributed by atoms with van der Waals surface area (Å²) in [5, 5.41) is 6.40. The van der Waals surface area contributed by atoms with Crippen LogP contribution in [0.25, 0.3) is 11.3 Å². The molecule has 0 saturated carbocycles. The van der Waals surface area contributed by atoms with Crippen LogP contribution in [0.1, 0.15) is 20.9 Å². The van der Waals surface area contributed by atoms with E-state index in [1.54, 1.807) is 66.9 Å². The van der Waals surface area contributed by atoms with E-state index < -0.39 is 5.91 Å². The van der Waals surface area contributed by atoms with E-state index in [-0.39, 0.29) is 11.7 Å². The lowest BCUT2D eigenvalue weighted by molar-refractivity contribution is 0.0997. The number of para-hydroxylation sites is 1. The van der Waals surface area contributed by atoms with E-state index in [2.05, 4.69) is 15.6 Å². The van der Waals surface area contributed by atoms with Crippen molar-refractivity contribution >= 4 is 46.4 Å². The molecule has 0 aliphatic carbocycles. The van der Waals surface area contributed by atoms with Gasteiger partial charge < -0.3 is 15.1 Å². The van der Waals surface area contributed by atoms with Crippen molar-refractivity contribution in [1.82, 2.24) is 4.98 Å². The summed E-state index contributed by atoms with van der Waals surface area (Å²) in [4.78, 5) is 29.4. The Morgan fingerprint density at radius 3 is 2.52 bits per heavy atom. The lowest BCUT2D eigenvalue weighted by Crippen LogP contribution is -2.18. The average molecular weight is 452 g/mol. The number of aromatic nitrogens is 1. The Morgan fingerprint density at radius 2 is 1.71 bits per heavy atom. The van der Waals surface area contributed by atoms with Gasteiger partial charge in [0.2, 0.25) is 0 Å². The van der Waals surface area contributed by atoms with Gasteiger partial charge in [-0.2, -0.15) is 0 Å². The van der Waals surface area contributed by atoms with E-state index >= 15 is 0 Å². The molecule has 0 fully saturated rings. The van der Waals surface area contributed by atoms with E-state index in [4.69, 9.17) is 27.6 Å². The van der Waals surface area contributed by atoms with Crippen LogP contribution in [0.3, 0.4) is 0 Å². The number of halogens is 2. The first-order valence-corrected chi connectivity index (χ1v) is 9.94. The fraction of sp³-hybridized carbons (Fsp3) is 0. The summed E-state index contributed by atoms with van der Waals surface area (Å²) in [6, 6.07) is 18.2. The van der Waals surface area contributed by atoms with E-state index in [9.17, 15) is 9.59 Å². The van der Waals surface area contributed by atoms with Crippen molar-refractivity contribution in [2.24, 2.45) is 0 Å². The minimum atomic E-state index is -0.508. The molecule has 0 atom stereocenters. The van der Waals surface area contributed by atoms with Gasteiger partial charge in [0.05, 0.1) is 28.2 Å². The first-order chi connectivity index (χ1) is 15.0. The van der Waals surface area contributed by atoms with Gasteiger partial charge in [-0.05, 0) is 54.6 Å². The maximum Gasteiger partial charge on any atom is 0.291 e. The van der Waals surface area contributed by atoms with Crippen molar-refractivity contribution in [3.63, 3.8) is 0 Å². The minimum absolute atomic E-state index is 0.0634. The van der Waals surface area contributed by atoms with Gasteiger partial charge in [-0.25, -0.2) is 0 Å². The molecule has 2 N–H and O–H groups in total. The normalized spacial score (nSPS) is 10.5. The lowest BCUT2D eigenvalue weighted by atomic mass is 10.1. The predicted molar refractivity (Wildman–Crippen MR) is 121 cm³/mol. The van der Waals surface area contributed by atoms with Crippen LogP contribution in [-0.4, -0.2) is 16.8 Å². The Labute approximate surface area is 187 Å². The lowest BCUT2D eigenvalue weighted by Gasteiger charge is -2.10. The van der Waals surface area contributed by atoms with Gasteiger partial charge in [-0.15, -0.1) is 0 Å². The highest BCUT2D eigenvalue weighted by atomic mass is 35.5. The molecule has 6 nitrogen and oxygen atoms in total. The maximum atomic E-state index is 12.7. The summed E-state index contributed by atoms with van der Waals surface area (Å²) >= 11 is 12.2. The van der Waals surface area contributed by atoms with Gasteiger partial charge in [-0.3, -0.25) is 14.6 Å². The summed E-state index contributed by atoms with van der Waals surface area (Å²) in [7, 11) is 0. The molecule has 0 unspecified atom stereocenters. The van der Waals surface area contributed by atoms with Gasteiger partial charge in [-0.1, -0.05) is 35.3 Å². The SMILES string of the molecule is O=C(Nc1ccccc1C(=O)Nc1cccnc1)c1ccc(-c2cc(Cl)ccc2Cl)o1. The van der Waals surface area contributed by atoms with Crippen LogP contribution >= 0.6 is 23.2 Å². The number of furan rings is 1. The van der Waals surface area contributed by atoms with Crippen LogP contribution in [-0.2, 0) is 0 Å². The fourth-order valence-corrected chi connectivity index (χ4v) is 3.28. The molecule has 31 heavy (non-hydrogen) atoms. The van der Waals surface area contributed by atoms with E-state index in [1.165, 1.54) is 12.3 Å². The number of carbonyl (C=O) groups is 2. The molecule has 154 valence electrons. The third-order valence-corrected chi connectivity index (χ3v) is 4.93. The topological polar surface area (TPSA) is 84.2 Å². The Bertz CT molecular complexity index is 1260. The maximum absolute atomic E-state index is 12.7. The summed E-state index contributed by atoms with van der Waals surface area (Å²) in [5.74, 6) is -0.422. The van der Waals surface area contributed by atoms with Crippen molar-refractivity contribution in [3.8, 4) is 11.3 Å². The molecule has 8 heteroatoms. The molecule has 2 aromatic heterocycles. The minimum Gasteiger partial charge on any atom is -0.451 e. The molecule has 2 amide bonds. The zero-order valence-electron chi connectivity index (χ0n) is 15.9. The van der Waals surface area contributed by atoms with Gasteiger partial charge >= 0.3 is 0 Å². The van der Waals surface area contributed by atoms with Crippen LogP contribution in [0.4, 0.5) is 11.4 Å². The number of hydrogen-bond acceptors (Lipinski definition) is 4. The molecule has 0 spiro atoms. The summed E-state index contributed by atoms with van der Waals surface area (Å²) in [6.07, 6.45) is 3.14. The number of nitrogens with one attached hydrogen (secondary N) is 2. The van der Waals surface area contributed by atoms with Crippen molar-refractivity contribution in [2.45, 2.75) is 0 Å². The molecule has 4 aromatic rings. The number of benzene rings is 2. The van der Waals surface area contributed by atoms with Gasteiger partial charge in [0.25, 0.3) is 11.8 Å². The first-order valence-electron chi connectivity index (χ1n) is 9.18.